The Morgan fingerprint density at radius 2 is 1.89 bits per heavy atom. The van der Waals surface area contributed by atoms with Crippen molar-refractivity contribution in [1.29, 1.82) is 0 Å². The summed E-state index contributed by atoms with van der Waals surface area (Å²) < 4.78 is 4.55. The fourth-order valence-corrected chi connectivity index (χ4v) is 3.66. The highest BCUT2D eigenvalue weighted by molar-refractivity contribution is 7.94. The van der Waals surface area contributed by atoms with Crippen LogP contribution in [0.4, 0.5) is 11.4 Å². The number of para-hydroxylation sites is 1. The van der Waals surface area contributed by atoms with Crippen molar-refractivity contribution in [2.24, 2.45) is 4.99 Å². The predicted molar refractivity (Wildman–Crippen MR) is 110 cm³/mol. The molecule has 3 rings (SSSR count). The molecule has 1 heterocycles. The van der Waals surface area contributed by atoms with Gasteiger partial charge >= 0.3 is 0 Å². The zero-order valence-corrected chi connectivity index (χ0v) is 16.3. The zero-order chi connectivity index (χ0) is 19.3. The quantitative estimate of drug-likeness (QED) is 0.301. The summed E-state index contributed by atoms with van der Waals surface area (Å²) in [5.41, 5.74) is 4.28. The second kappa shape index (κ2) is 8.54. The number of rotatable bonds is 6. The van der Waals surface area contributed by atoms with E-state index in [-0.39, 0.29) is 5.41 Å². The molecule has 1 N–H and O–H groups in total. The van der Waals surface area contributed by atoms with Gasteiger partial charge in [0.05, 0.1) is 17.7 Å². The first kappa shape index (κ1) is 19.4. The molecule has 0 amide bonds. The average Bonchev–Trinajstić information content (AvgIpc) is 2.87. The molecule has 0 unspecified atom stereocenters. The Labute approximate surface area is 163 Å². The number of nitrogens with zero attached hydrogens (tertiary/aromatic N) is 2. The molecule has 0 aliphatic carbocycles. The molecule has 0 saturated carbocycles. The molecule has 140 valence electrons. The van der Waals surface area contributed by atoms with Gasteiger partial charge in [-0.3, -0.25) is 4.99 Å². The van der Waals surface area contributed by atoms with E-state index in [0.717, 1.165) is 28.3 Å². The molecule has 0 saturated heterocycles. The summed E-state index contributed by atoms with van der Waals surface area (Å²) in [7, 11) is 2.06. The molecule has 0 aromatic heterocycles. The first-order chi connectivity index (χ1) is 13.0. The Balaban J connectivity index is 1.78. The third-order valence-electron chi connectivity index (χ3n) is 4.60. The number of allylic oxidation sites excluding steroid dienone is 4. The van der Waals surface area contributed by atoms with E-state index in [4.69, 9.17) is 5.26 Å². The second-order valence-electron chi connectivity index (χ2n) is 6.64. The number of likely N-dealkylation sites (N-methyl/N-ethyl adjacent to an activating group) is 1. The highest BCUT2D eigenvalue weighted by Gasteiger charge is 2.38. The lowest BCUT2D eigenvalue weighted by molar-refractivity contribution is -0.432. The van der Waals surface area contributed by atoms with Crippen LogP contribution in [0.3, 0.4) is 0 Å². The number of fused-ring (bicyclic) bond motifs is 1. The summed E-state index contributed by atoms with van der Waals surface area (Å²) in [5, 5.41) is 12.0. The summed E-state index contributed by atoms with van der Waals surface area (Å²) in [6.07, 6.45) is 7.84. The van der Waals surface area contributed by atoms with Gasteiger partial charge in [-0.1, -0.05) is 43.2 Å². The molecule has 5 nitrogen and oxygen atoms in total. The van der Waals surface area contributed by atoms with E-state index in [1.165, 1.54) is 11.3 Å². The fraction of sp³-hybridized carbons (Fsp3) is 0.190. The minimum Gasteiger partial charge on any atom is -0.347 e. The number of hydrogen-bond acceptors (Lipinski definition) is 6. The van der Waals surface area contributed by atoms with Crippen molar-refractivity contribution in [1.82, 2.24) is 0 Å². The first-order valence-electron chi connectivity index (χ1n) is 8.53. The molecular weight excluding hydrogens is 360 g/mol. The van der Waals surface area contributed by atoms with E-state index < -0.39 is 0 Å². The Hall–Kier alpha value is -2.38. The largest absolute Gasteiger partial charge is 0.347 e. The van der Waals surface area contributed by atoms with Gasteiger partial charge in [0.25, 0.3) is 0 Å². The van der Waals surface area contributed by atoms with E-state index in [1.54, 1.807) is 6.21 Å². The van der Waals surface area contributed by atoms with Crippen LogP contribution in [-0.4, -0.2) is 18.5 Å². The standard InChI is InChI=1S/C21H22N2O3S/c1-21(2)18-15-17(27-26-25-24)12-13-19(18)23(3)20(21)11-7-8-14-22-16-9-5-4-6-10-16/h4-15,24H,1-3H3. The van der Waals surface area contributed by atoms with Crippen molar-refractivity contribution < 1.29 is 14.6 Å². The summed E-state index contributed by atoms with van der Waals surface area (Å²) in [6, 6.07) is 15.9. The van der Waals surface area contributed by atoms with Crippen LogP contribution in [0.15, 0.2) is 82.3 Å². The molecule has 0 spiro atoms. The van der Waals surface area contributed by atoms with Crippen LogP contribution in [0.5, 0.6) is 0 Å². The van der Waals surface area contributed by atoms with E-state index >= 15 is 0 Å². The van der Waals surface area contributed by atoms with E-state index in [2.05, 4.69) is 52.3 Å². The van der Waals surface area contributed by atoms with Crippen LogP contribution in [-0.2, 0) is 14.8 Å². The van der Waals surface area contributed by atoms with Gasteiger partial charge in [0.2, 0.25) is 0 Å². The monoisotopic (exact) mass is 382 g/mol. The van der Waals surface area contributed by atoms with Crippen LogP contribution in [0, 0.1) is 0 Å². The lowest BCUT2D eigenvalue weighted by atomic mass is 9.84. The Morgan fingerprint density at radius 3 is 2.63 bits per heavy atom. The number of anilines is 1. The van der Waals surface area contributed by atoms with Gasteiger partial charge in [-0.2, -0.15) is 0 Å². The van der Waals surface area contributed by atoms with Crippen LogP contribution in [0.2, 0.25) is 0 Å². The summed E-state index contributed by atoms with van der Waals surface area (Å²) in [4.78, 5) is 7.45. The van der Waals surface area contributed by atoms with Gasteiger partial charge in [0.1, 0.15) is 0 Å². The second-order valence-corrected chi connectivity index (χ2v) is 7.41. The molecule has 27 heavy (non-hydrogen) atoms. The molecule has 2 aromatic rings. The highest BCUT2D eigenvalue weighted by atomic mass is 32.2. The summed E-state index contributed by atoms with van der Waals surface area (Å²) in [5.74, 6) is 0. The lowest BCUT2D eigenvalue weighted by Gasteiger charge is -2.23. The van der Waals surface area contributed by atoms with Crippen LogP contribution in [0.1, 0.15) is 19.4 Å². The van der Waals surface area contributed by atoms with Crippen LogP contribution < -0.4 is 4.90 Å². The van der Waals surface area contributed by atoms with E-state index in [9.17, 15) is 0 Å². The maximum absolute atomic E-state index is 8.34. The molecule has 0 fully saturated rings. The smallest absolute Gasteiger partial charge is 0.0714 e. The maximum Gasteiger partial charge on any atom is 0.0714 e. The van der Waals surface area contributed by atoms with Crippen molar-refractivity contribution in [2.45, 2.75) is 24.2 Å². The van der Waals surface area contributed by atoms with Crippen LogP contribution in [0.25, 0.3) is 0 Å². The molecule has 2 aromatic carbocycles. The number of benzene rings is 2. The lowest BCUT2D eigenvalue weighted by Crippen LogP contribution is -2.22. The van der Waals surface area contributed by atoms with Crippen LogP contribution >= 0.6 is 12.0 Å². The normalized spacial score (nSPS) is 17.3. The van der Waals surface area contributed by atoms with E-state index in [0.29, 0.717) is 0 Å². The fourth-order valence-electron chi connectivity index (χ4n) is 3.26. The van der Waals surface area contributed by atoms with Gasteiger partial charge in [-0.25, -0.2) is 5.26 Å². The SMILES string of the molecule is CN1C(=CC=CC=Nc2ccccc2)C(C)(C)c2cc(SOOO)ccc21. The molecule has 1 aliphatic rings. The third-order valence-corrected chi connectivity index (χ3v) is 5.17. The van der Waals surface area contributed by atoms with Gasteiger partial charge < -0.3 is 4.90 Å². The maximum atomic E-state index is 8.34. The Kier molecular flexibility index (Phi) is 6.13. The summed E-state index contributed by atoms with van der Waals surface area (Å²) in [6.45, 7) is 4.37. The van der Waals surface area contributed by atoms with Gasteiger partial charge in [-0.05, 0) is 48.0 Å². The molecule has 6 heteroatoms. The molecule has 0 bridgehead atoms. The predicted octanol–water partition coefficient (Wildman–Crippen LogP) is 5.68. The molecular formula is C21H22N2O3S. The van der Waals surface area contributed by atoms with Gasteiger partial charge in [0, 0.05) is 35.0 Å². The highest BCUT2D eigenvalue weighted by Crippen LogP contribution is 2.48. The Morgan fingerprint density at radius 1 is 1.11 bits per heavy atom. The third kappa shape index (κ3) is 4.31. The zero-order valence-electron chi connectivity index (χ0n) is 15.5. The van der Waals surface area contributed by atoms with Crippen molar-refractivity contribution in [3.05, 3.63) is 78.0 Å². The number of aliphatic imine (C=N–C) groups is 1. The van der Waals surface area contributed by atoms with Gasteiger partial charge in [-0.15, -0.1) is 4.33 Å². The Bertz CT molecular complexity index is 876. The first-order valence-corrected chi connectivity index (χ1v) is 9.28. The van der Waals surface area contributed by atoms with E-state index in [1.807, 2.05) is 54.6 Å². The topological polar surface area (TPSA) is 54.3 Å². The minimum atomic E-state index is -0.165. The van der Waals surface area contributed by atoms with Gasteiger partial charge in [0.15, 0.2) is 0 Å². The van der Waals surface area contributed by atoms with Crippen molar-refractivity contribution in [3.63, 3.8) is 0 Å². The molecule has 1 aliphatic heterocycles. The average molecular weight is 382 g/mol. The molecule has 0 radical (unpaired) electrons. The van der Waals surface area contributed by atoms with Crippen molar-refractivity contribution in [2.75, 3.05) is 11.9 Å². The summed E-state index contributed by atoms with van der Waals surface area (Å²) >= 11 is 0.970. The minimum absolute atomic E-state index is 0.165. The number of hydrogen-bond donors (Lipinski definition) is 1. The van der Waals surface area contributed by atoms with Crippen molar-refractivity contribution in [3.8, 4) is 0 Å². The molecule has 0 atom stereocenters. The van der Waals surface area contributed by atoms with Crippen molar-refractivity contribution >= 4 is 29.6 Å².